The van der Waals surface area contributed by atoms with E-state index in [-0.39, 0.29) is 11.3 Å². The van der Waals surface area contributed by atoms with Crippen molar-refractivity contribution < 1.29 is 19.4 Å². The quantitative estimate of drug-likeness (QED) is 0.262. The van der Waals surface area contributed by atoms with Gasteiger partial charge in [-0.25, -0.2) is 0 Å². The van der Waals surface area contributed by atoms with Crippen molar-refractivity contribution in [2.75, 3.05) is 30.0 Å². The van der Waals surface area contributed by atoms with E-state index in [1.807, 2.05) is 54.4 Å². The number of rotatable bonds is 3. The number of ether oxygens (including phenoxy) is 1. The first-order valence-corrected chi connectivity index (χ1v) is 11.7. The lowest BCUT2D eigenvalue weighted by Gasteiger charge is -2.28. The summed E-state index contributed by atoms with van der Waals surface area (Å²) < 4.78 is 5.72. The standard InChI is InChI=1S/C29H23N3O4/c1-31-15-16-36-24-10-9-20(17-23(24)31)27(33)25-26(19-11-13-30-14-12-19)32(29(35)28(25)34)22-8-4-6-18-5-2-3-7-21(18)22/h2-14,17,26,33H,15-16H2,1H3/b27-25-. The maximum absolute atomic E-state index is 13.6. The van der Waals surface area contributed by atoms with Gasteiger partial charge in [-0.05, 0) is 47.3 Å². The summed E-state index contributed by atoms with van der Waals surface area (Å²) in [6.07, 6.45) is 3.23. The number of hydrogen-bond acceptors (Lipinski definition) is 6. The Morgan fingerprint density at radius 3 is 2.58 bits per heavy atom. The van der Waals surface area contributed by atoms with E-state index < -0.39 is 17.7 Å². The number of Topliss-reactive ketones (excluding diaryl/α,β-unsaturated/α-hetero) is 1. The molecule has 1 amide bonds. The first-order chi connectivity index (χ1) is 17.5. The minimum absolute atomic E-state index is 0.0402. The van der Waals surface area contributed by atoms with Gasteiger partial charge in [-0.15, -0.1) is 0 Å². The van der Waals surface area contributed by atoms with Crippen LogP contribution in [-0.2, 0) is 9.59 Å². The van der Waals surface area contributed by atoms with Gasteiger partial charge >= 0.3 is 0 Å². The zero-order chi connectivity index (χ0) is 24.8. The summed E-state index contributed by atoms with van der Waals surface area (Å²) in [5, 5.41) is 13.3. The molecule has 7 heteroatoms. The van der Waals surface area contributed by atoms with Crippen LogP contribution in [0.5, 0.6) is 5.75 Å². The summed E-state index contributed by atoms with van der Waals surface area (Å²) >= 11 is 0. The lowest BCUT2D eigenvalue weighted by Crippen LogP contribution is -2.29. The van der Waals surface area contributed by atoms with E-state index in [1.54, 1.807) is 42.7 Å². The fraction of sp³-hybridized carbons (Fsp3) is 0.138. The Bertz CT molecular complexity index is 1540. The largest absolute Gasteiger partial charge is 0.507 e. The average Bonchev–Trinajstić information content (AvgIpc) is 3.18. The van der Waals surface area contributed by atoms with Crippen LogP contribution in [-0.4, -0.2) is 42.0 Å². The number of amides is 1. The maximum Gasteiger partial charge on any atom is 0.300 e. The van der Waals surface area contributed by atoms with E-state index in [0.29, 0.717) is 35.7 Å². The molecular formula is C29H23N3O4. The summed E-state index contributed by atoms with van der Waals surface area (Å²) in [6, 6.07) is 21.3. The van der Waals surface area contributed by atoms with Gasteiger partial charge in [0.25, 0.3) is 11.7 Å². The van der Waals surface area contributed by atoms with Gasteiger partial charge in [-0.3, -0.25) is 19.5 Å². The first kappa shape index (κ1) is 21.9. The number of ketones is 1. The van der Waals surface area contributed by atoms with Gasteiger partial charge in [0.1, 0.15) is 18.1 Å². The maximum atomic E-state index is 13.6. The highest BCUT2D eigenvalue weighted by atomic mass is 16.5. The third-order valence-electron chi connectivity index (χ3n) is 6.82. The van der Waals surface area contributed by atoms with Crippen LogP contribution in [0.25, 0.3) is 16.5 Å². The van der Waals surface area contributed by atoms with Crippen molar-refractivity contribution in [3.05, 3.63) is 102 Å². The van der Waals surface area contributed by atoms with Gasteiger partial charge in [0.15, 0.2) is 0 Å². The topological polar surface area (TPSA) is 83.0 Å². The van der Waals surface area contributed by atoms with Gasteiger partial charge in [0, 0.05) is 30.4 Å². The normalized spacial score (nSPS) is 18.9. The van der Waals surface area contributed by atoms with E-state index in [4.69, 9.17) is 4.74 Å². The van der Waals surface area contributed by atoms with E-state index in [0.717, 1.165) is 16.5 Å². The Hall–Kier alpha value is -4.65. The number of nitrogens with zero attached hydrogens (tertiary/aromatic N) is 3. The number of hydrogen-bond donors (Lipinski definition) is 1. The summed E-state index contributed by atoms with van der Waals surface area (Å²) in [7, 11) is 1.95. The minimum Gasteiger partial charge on any atom is -0.507 e. The number of carbonyl (C=O) groups excluding carboxylic acids is 2. The molecule has 3 heterocycles. The number of anilines is 2. The Balaban J connectivity index is 1.57. The molecule has 3 aromatic carbocycles. The highest BCUT2D eigenvalue weighted by Gasteiger charge is 2.47. The summed E-state index contributed by atoms with van der Waals surface area (Å²) in [5.74, 6) is -0.931. The molecule has 1 saturated heterocycles. The third-order valence-corrected chi connectivity index (χ3v) is 6.82. The number of aliphatic hydroxyl groups excluding tert-OH is 1. The van der Waals surface area contributed by atoms with Crippen molar-refractivity contribution in [3.63, 3.8) is 0 Å². The molecule has 0 bridgehead atoms. The molecule has 178 valence electrons. The summed E-state index contributed by atoms with van der Waals surface area (Å²) in [4.78, 5) is 34.7. The fourth-order valence-electron chi connectivity index (χ4n) is 5.01. The second kappa shape index (κ2) is 8.53. The number of benzene rings is 3. The molecule has 0 aliphatic carbocycles. The van der Waals surface area contributed by atoms with Crippen LogP contribution >= 0.6 is 0 Å². The molecule has 2 aliphatic heterocycles. The number of likely N-dealkylation sites (N-methyl/N-ethyl adjacent to an activating group) is 1. The van der Waals surface area contributed by atoms with Crippen LogP contribution in [0.2, 0.25) is 0 Å². The zero-order valence-corrected chi connectivity index (χ0v) is 19.6. The molecule has 1 unspecified atom stereocenters. The fourth-order valence-corrected chi connectivity index (χ4v) is 5.01. The predicted molar refractivity (Wildman–Crippen MR) is 138 cm³/mol. The predicted octanol–water partition coefficient (Wildman–Crippen LogP) is 4.69. The van der Waals surface area contributed by atoms with Gasteiger partial charge in [-0.1, -0.05) is 36.4 Å². The monoisotopic (exact) mass is 477 g/mol. The van der Waals surface area contributed by atoms with Gasteiger partial charge < -0.3 is 14.7 Å². The van der Waals surface area contributed by atoms with Crippen molar-refractivity contribution in [2.24, 2.45) is 0 Å². The molecule has 7 nitrogen and oxygen atoms in total. The smallest absolute Gasteiger partial charge is 0.300 e. The van der Waals surface area contributed by atoms with Crippen molar-refractivity contribution >= 4 is 39.6 Å². The molecule has 4 aromatic rings. The molecule has 0 radical (unpaired) electrons. The zero-order valence-electron chi connectivity index (χ0n) is 19.6. The van der Waals surface area contributed by atoms with E-state index in [1.165, 1.54) is 4.90 Å². The molecule has 2 aliphatic rings. The Morgan fingerprint density at radius 1 is 0.972 bits per heavy atom. The Morgan fingerprint density at radius 2 is 1.75 bits per heavy atom. The molecule has 36 heavy (non-hydrogen) atoms. The second-order valence-electron chi connectivity index (χ2n) is 8.90. The number of aromatic nitrogens is 1. The molecule has 1 N–H and O–H groups in total. The number of carbonyl (C=O) groups is 2. The SMILES string of the molecule is CN1CCOc2ccc(/C(O)=C3/C(=O)C(=O)N(c4cccc5ccccc45)C3c3ccncc3)cc21. The molecular weight excluding hydrogens is 454 g/mol. The lowest BCUT2D eigenvalue weighted by molar-refractivity contribution is -0.132. The second-order valence-corrected chi connectivity index (χ2v) is 8.90. The lowest BCUT2D eigenvalue weighted by atomic mass is 9.95. The molecule has 1 aromatic heterocycles. The van der Waals surface area contributed by atoms with Crippen molar-refractivity contribution in [3.8, 4) is 5.75 Å². The van der Waals surface area contributed by atoms with Crippen LogP contribution in [0, 0.1) is 0 Å². The Labute approximate surface area is 207 Å². The van der Waals surface area contributed by atoms with E-state index >= 15 is 0 Å². The van der Waals surface area contributed by atoms with E-state index in [9.17, 15) is 14.7 Å². The van der Waals surface area contributed by atoms with Crippen molar-refractivity contribution in [1.82, 2.24) is 4.98 Å². The number of fused-ring (bicyclic) bond motifs is 2. The van der Waals surface area contributed by atoms with Crippen molar-refractivity contribution in [1.29, 1.82) is 0 Å². The Kier molecular flexibility index (Phi) is 5.18. The van der Waals surface area contributed by atoms with Gasteiger partial charge in [-0.2, -0.15) is 0 Å². The van der Waals surface area contributed by atoms with Crippen molar-refractivity contribution in [2.45, 2.75) is 6.04 Å². The molecule has 0 spiro atoms. The van der Waals surface area contributed by atoms with Gasteiger partial charge in [0.05, 0.1) is 29.5 Å². The van der Waals surface area contributed by atoms with E-state index in [2.05, 4.69) is 4.98 Å². The van der Waals surface area contributed by atoms with Crippen LogP contribution in [0.1, 0.15) is 17.2 Å². The molecule has 0 saturated carbocycles. The molecule has 1 atom stereocenters. The highest BCUT2D eigenvalue weighted by molar-refractivity contribution is 6.52. The minimum atomic E-state index is -0.816. The third kappa shape index (κ3) is 3.40. The molecule has 6 rings (SSSR count). The summed E-state index contributed by atoms with van der Waals surface area (Å²) in [6.45, 7) is 1.28. The average molecular weight is 478 g/mol. The van der Waals surface area contributed by atoms with Crippen LogP contribution in [0.3, 0.4) is 0 Å². The van der Waals surface area contributed by atoms with Crippen LogP contribution < -0.4 is 14.5 Å². The number of aliphatic hydroxyl groups is 1. The molecule has 1 fully saturated rings. The summed E-state index contributed by atoms with van der Waals surface area (Å²) in [5.41, 5.74) is 2.58. The van der Waals surface area contributed by atoms with Gasteiger partial charge in [0.2, 0.25) is 0 Å². The highest BCUT2D eigenvalue weighted by Crippen LogP contribution is 2.44. The van der Waals surface area contributed by atoms with Crippen LogP contribution in [0.15, 0.2) is 90.8 Å². The number of pyridine rings is 1. The first-order valence-electron chi connectivity index (χ1n) is 11.7. The van der Waals surface area contributed by atoms with Crippen LogP contribution in [0.4, 0.5) is 11.4 Å².